The number of ether oxygens (including phenoxy) is 3. The van der Waals surface area contributed by atoms with Crippen molar-refractivity contribution in [2.24, 2.45) is 0 Å². The van der Waals surface area contributed by atoms with Gasteiger partial charge in [-0.05, 0) is 24.3 Å². The van der Waals surface area contributed by atoms with Gasteiger partial charge >= 0.3 is 5.97 Å². The van der Waals surface area contributed by atoms with Crippen molar-refractivity contribution in [1.82, 2.24) is 4.98 Å². The van der Waals surface area contributed by atoms with E-state index in [4.69, 9.17) is 30.9 Å². The molecule has 2 aromatic carbocycles. The summed E-state index contributed by atoms with van der Waals surface area (Å²) < 4.78 is 17.2. The molecule has 30 heavy (non-hydrogen) atoms. The highest BCUT2D eigenvalue weighted by Gasteiger charge is 2.26. The van der Waals surface area contributed by atoms with Crippen LogP contribution in [0.3, 0.4) is 0 Å². The maximum absolute atomic E-state index is 11.0. The summed E-state index contributed by atoms with van der Waals surface area (Å²) in [7, 11) is 0. The van der Waals surface area contributed by atoms with Gasteiger partial charge in [-0.3, -0.25) is 9.78 Å². The molecule has 0 fully saturated rings. The summed E-state index contributed by atoms with van der Waals surface area (Å²) in [5, 5.41) is 9.55. The molecule has 0 radical (unpaired) electrons. The minimum Gasteiger partial charge on any atom is -0.492 e. The van der Waals surface area contributed by atoms with Crippen molar-refractivity contribution in [2.75, 3.05) is 6.61 Å². The fourth-order valence-electron chi connectivity index (χ4n) is 3.27. The van der Waals surface area contributed by atoms with E-state index in [0.717, 1.165) is 16.7 Å². The van der Waals surface area contributed by atoms with E-state index in [2.05, 4.69) is 4.98 Å². The Bertz CT molecular complexity index is 1040. The van der Waals surface area contributed by atoms with Crippen LogP contribution in [0.25, 0.3) is 0 Å². The van der Waals surface area contributed by atoms with Gasteiger partial charge in [0.05, 0.1) is 18.1 Å². The van der Waals surface area contributed by atoms with Crippen LogP contribution >= 0.6 is 11.6 Å². The third kappa shape index (κ3) is 4.83. The number of halogens is 1. The van der Waals surface area contributed by atoms with Crippen LogP contribution in [0.15, 0.2) is 60.9 Å². The lowest BCUT2D eigenvalue weighted by atomic mass is 9.98. The second kappa shape index (κ2) is 9.05. The second-order valence-electron chi connectivity index (χ2n) is 7.00. The average molecular weight is 426 g/mol. The smallest absolute Gasteiger partial charge is 0.304 e. The molecular formula is C23H20ClNO5. The van der Waals surface area contributed by atoms with Crippen molar-refractivity contribution in [3.63, 3.8) is 0 Å². The molecule has 6 nitrogen and oxygen atoms in total. The predicted octanol–water partition coefficient (Wildman–Crippen LogP) is 4.84. The highest BCUT2D eigenvalue weighted by atomic mass is 35.5. The minimum absolute atomic E-state index is 0.0536. The topological polar surface area (TPSA) is 77.9 Å². The van der Waals surface area contributed by atoms with Crippen molar-refractivity contribution >= 4 is 17.6 Å². The number of benzene rings is 2. The number of pyridine rings is 1. The average Bonchev–Trinajstić information content (AvgIpc) is 3.13. The molecule has 1 atom stereocenters. The standard InChI is InChI=1S/C23H20ClNO5/c24-21-9-18(28-12-15-2-1-7-25-11-15)4-3-16(21)13-29-19-5-6-20-17(8-23(26)27)14-30-22(20)10-19/h1-7,9-11,17H,8,12-14H2,(H,26,27). The number of nitrogens with zero attached hydrogens (tertiary/aromatic N) is 1. The van der Waals surface area contributed by atoms with Gasteiger partial charge in [-0.1, -0.05) is 29.8 Å². The molecule has 1 unspecified atom stereocenters. The number of fused-ring (bicyclic) bond motifs is 1. The first kappa shape index (κ1) is 20.0. The number of carboxylic acid groups (broad SMARTS) is 1. The van der Waals surface area contributed by atoms with Crippen molar-refractivity contribution in [2.45, 2.75) is 25.6 Å². The number of hydrogen-bond donors (Lipinski definition) is 1. The summed E-state index contributed by atoms with van der Waals surface area (Å²) in [6.45, 7) is 1.08. The Labute approximate surface area is 179 Å². The summed E-state index contributed by atoms with van der Waals surface area (Å²) in [5.41, 5.74) is 2.71. The van der Waals surface area contributed by atoms with Crippen LogP contribution in [0, 0.1) is 0 Å². The van der Waals surface area contributed by atoms with Gasteiger partial charge < -0.3 is 19.3 Å². The fraction of sp³-hybridized carbons (Fsp3) is 0.217. The van der Waals surface area contributed by atoms with Crippen molar-refractivity contribution < 1.29 is 24.1 Å². The molecule has 0 aliphatic carbocycles. The van der Waals surface area contributed by atoms with Crippen LogP contribution in [-0.4, -0.2) is 22.7 Å². The normalized spacial score (nSPS) is 14.6. The Hall–Kier alpha value is -3.25. The van der Waals surface area contributed by atoms with Gasteiger partial charge in [0.25, 0.3) is 0 Å². The molecule has 1 aliphatic rings. The van der Waals surface area contributed by atoms with E-state index >= 15 is 0 Å². The quantitative estimate of drug-likeness (QED) is 0.556. The van der Waals surface area contributed by atoms with Crippen LogP contribution in [-0.2, 0) is 18.0 Å². The highest BCUT2D eigenvalue weighted by Crippen LogP contribution is 2.38. The number of rotatable bonds is 8. The van der Waals surface area contributed by atoms with Crippen molar-refractivity contribution in [3.05, 3.63) is 82.6 Å². The van der Waals surface area contributed by atoms with E-state index in [1.54, 1.807) is 24.5 Å². The first-order chi connectivity index (χ1) is 14.6. The zero-order valence-electron chi connectivity index (χ0n) is 16.1. The predicted molar refractivity (Wildman–Crippen MR) is 111 cm³/mol. The zero-order chi connectivity index (χ0) is 20.9. The second-order valence-corrected chi connectivity index (χ2v) is 7.40. The van der Waals surface area contributed by atoms with Gasteiger partial charge in [0.2, 0.25) is 0 Å². The van der Waals surface area contributed by atoms with Crippen LogP contribution < -0.4 is 14.2 Å². The molecule has 154 valence electrons. The lowest BCUT2D eigenvalue weighted by Crippen LogP contribution is -2.07. The summed E-state index contributed by atoms with van der Waals surface area (Å²) >= 11 is 6.39. The highest BCUT2D eigenvalue weighted by molar-refractivity contribution is 6.31. The van der Waals surface area contributed by atoms with Crippen molar-refractivity contribution in [1.29, 1.82) is 0 Å². The molecule has 0 saturated carbocycles. The van der Waals surface area contributed by atoms with E-state index in [1.165, 1.54) is 0 Å². The van der Waals surface area contributed by atoms with Gasteiger partial charge in [-0.2, -0.15) is 0 Å². The Morgan fingerprint density at radius 3 is 2.70 bits per heavy atom. The molecule has 1 aliphatic heterocycles. The maximum Gasteiger partial charge on any atom is 0.304 e. The monoisotopic (exact) mass is 425 g/mol. The lowest BCUT2D eigenvalue weighted by Gasteiger charge is -2.11. The fourth-order valence-corrected chi connectivity index (χ4v) is 3.50. The number of aromatic nitrogens is 1. The van der Waals surface area contributed by atoms with Gasteiger partial charge in [0.1, 0.15) is 30.5 Å². The summed E-state index contributed by atoms with van der Waals surface area (Å²) in [5.74, 6) is 1.02. The number of hydrogen-bond acceptors (Lipinski definition) is 5. The minimum atomic E-state index is -0.834. The summed E-state index contributed by atoms with van der Waals surface area (Å²) in [4.78, 5) is 15.0. The van der Waals surface area contributed by atoms with Gasteiger partial charge in [-0.25, -0.2) is 0 Å². The van der Waals surface area contributed by atoms with E-state index in [-0.39, 0.29) is 12.3 Å². The molecule has 0 amide bonds. The van der Waals surface area contributed by atoms with E-state index < -0.39 is 5.97 Å². The molecule has 2 heterocycles. The number of carboxylic acids is 1. The first-order valence-corrected chi connectivity index (χ1v) is 9.88. The molecule has 1 aromatic heterocycles. The van der Waals surface area contributed by atoms with Crippen LogP contribution in [0.1, 0.15) is 29.0 Å². The zero-order valence-corrected chi connectivity index (χ0v) is 16.8. The molecule has 4 rings (SSSR count). The molecule has 1 N–H and O–H groups in total. The molecule has 0 bridgehead atoms. The largest absolute Gasteiger partial charge is 0.492 e. The Balaban J connectivity index is 1.35. The van der Waals surface area contributed by atoms with Gasteiger partial charge in [-0.15, -0.1) is 0 Å². The molecular weight excluding hydrogens is 406 g/mol. The summed E-state index contributed by atoms with van der Waals surface area (Å²) in [6, 6.07) is 14.8. The van der Waals surface area contributed by atoms with Crippen LogP contribution in [0.4, 0.5) is 0 Å². The van der Waals surface area contributed by atoms with Gasteiger partial charge in [0.15, 0.2) is 0 Å². The van der Waals surface area contributed by atoms with E-state index in [1.807, 2.05) is 36.4 Å². The van der Waals surface area contributed by atoms with Crippen LogP contribution in [0.5, 0.6) is 17.2 Å². The van der Waals surface area contributed by atoms with Crippen molar-refractivity contribution in [3.8, 4) is 17.2 Å². The molecule has 3 aromatic rings. The summed E-state index contributed by atoms with van der Waals surface area (Å²) in [6.07, 6.45) is 3.53. The Morgan fingerprint density at radius 2 is 1.93 bits per heavy atom. The van der Waals surface area contributed by atoms with E-state index in [0.29, 0.717) is 42.1 Å². The molecule has 7 heteroatoms. The lowest BCUT2D eigenvalue weighted by molar-refractivity contribution is -0.137. The maximum atomic E-state index is 11.0. The third-order valence-corrected chi connectivity index (χ3v) is 5.18. The molecule has 0 spiro atoms. The first-order valence-electron chi connectivity index (χ1n) is 9.50. The Kier molecular flexibility index (Phi) is 6.05. The van der Waals surface area contributed by atoms with Crippen LogP contribution in [0.2, 0.25) is 5.02 Å². The number of carbonyl (C=O) groups is 1. The Morgan fingerprint density at radius 1 is 1.13 bits per heavy atom. The molecule has 0 saturated heterocycles. The SMILES string of the molecule is O=C(O)CC1COc2cc(OCc3ccc(OCc4cccnc4)cc3Cl)ccc21. The third-order valence-electron chi connectivity index (χ3n) is 4.83. The number of aliphatic carboxylic acids is 1. The van der Waals surface area contributed by atoms with Gasteiger partial charge in [0, 0.05) is 41.1 Å². The van der Waals surface area contributed by atoms with E-state index in [9.17, 15) is 4.79 Å².